The third-order valence-electron chi connectivity index (χ3n) is 4.30. The number of hydrogen-bond donors (Lipinski definition) is 1. The van der Waals surface area contributed by atoms with Crippen LogP contribution in [0.5, 0.6) is 0 Å². The van der Waals surface area contributed by atoms with Crippen LogP contribution in [0, 0.1) is 0 Å². The van der Waals surface area contributed by atoms with E-state index in [1.807, 2.05) is 54.6 Å². The number of amidine groups is 1. The van der Waals surface area contributed by atoms with Crippen molar-refractivity contribution in [2.45, 2.75) is 11.7 Å². The van der Waals surface area contributed by atoms with E-state index < -0.39 is 5.25 Å². The van der Waals surface area contributed by atoms with Crippen molar-refractivity contribution in [3.63, 3.8) is 0 Å². The molecule has 1 aliphatic rings. The molecule has 3 aromatic rings. The lowest BCUT2D eigenvalue weighted by molar-refractivity contribution is -0.118. The van der Waals surface area contributed by atoms with Crippen molar-refractivity contribution >= 4 is 61.0 Å². The fourth-order valence-electron chi connectivity index (χ4n) is 2.93. The molecule has 0 bridgehead atoms. The van der Waals surface area contributed by atoms with Crippen molar-refractivity contribution in [2.24, 2.45) is 4.99 Å². The van der Waals surface area contributed by atoms with Crippen molar-refractivity contribution in [2.75, 3.05) is 0 Å². The van der Waals surface area contributed by atoms with Crippen LogP contribution < -0.4 is 5.32 Å². The van der Waals surface area contributed by atoms with Gasteiger partial charge < -0.3 is 5.32 Å². The molecule has 1 heterocycles. The van der Waals surface area contributed by atoms with Gasteiger partial charge in [-0.3, -0.25) is 9.59 Å². The minimum Gasteiger partial charge on any atom is -0.304 e. The third kappa shape index (κ3) is 3.96. The molecule has 1 unspecified atom stereocenters. The molecule has 0 aromatic heterocycles. The second-order valence-corrected chi connectivity index (χ2v) is 8.25. The fourth-order valence-corrected chi connectivity index (χ4v) is 4.17. The molecule has 0 radical (unpaired) electrons. The molecule has 0 spiro atoms. The number of halogens is 1. The first-order chi connectivity index (χ1) is 13.1. The molecule has 1 fully saturated rings. The molecular weight excluding hydrogens is 424 g/mol. The average molecular weight is 439 g/mol. The molecule has 3 aromatic carbocycles. The van der Waals surface area contributed by atoms with Crippen molar-refractivity contribution in [1.29, 1.82) is 0 Å². The molecule has 6 heteroatoms. The molecule has 0 aliphatic carbocycles. The van der Waals surface area contributed by atoms with E-state index in [9.17, 15) is 9.59 Å². The van der Waals surface area contributed by atoms with E-state index in [4.69, 9.17) is 0 Å². The SMILES string of the molecule is O=C(CC1SC(=Nc2cccc3ccccc23)NC1=O)c1ccc(Br)cc1. The Kier molecular flexibility index (Phi) is 5.09. The zero-order valence-corrected chi connectivity index (χ0v) is 16.6. The Labute approximate surface area is 169 Å². The van der Waals surface area contributed by atoms with Crippen LogP contribution in [-0.4, -0.2) is 22.1 Å². The minimum absolute atomic E-state index is 0.0541. The number of fused-ring (bicyclic) bond motifs is 1. The lowest BCUT2D eigenvalue weighted by atomic mass is 10.1. The Morgan fingerprint density at radius 1 is 1.04 bits per heavy atom. The number of Topliss-reactive ketones (excluding diaryl/α,β-unsaturated/α-hetero) is 1. The summed E-state index contributed by atoms with van der Waals surface area (Å²) in [6.45, 7) is 0. The van der Waals surface area contributed by atoms with E-state index in [0.717, 1.165) is 20.9 Å². The van der Waals surface area contributed by atoms with Crippen LogP contribution in [0.3, 0.4) is 0 Å². The van der Waals surface area contributed by atoms with Crippen LogP contribution in [0.1, 0.15) is 16.8 Å². The molecular formula is C21H15BrN2O2S. The Balaban J connectivity index is 1.52. The summed E-state index contributed by atoms with van der Waals surface area (Å²) in [5, 5.41) is 4.98. The van der Waals surface area contributed by atoms with Gasteiger partial charge in [0.1, 0.15) is 0 Å². The van der Waals surface area contributed by atoms with Crippen molar-refractivity contribution in [3.05, 3.63) is 76.8 Å². The van der Waals surface area contributed by atoms with E-state index in [-0.39, 0.29) is 18.1 Å². The van der Waals surface area contributed by atoms with Crippen LogP contribution in [0.2, 0.25) is 0 Å². The first-order valence-corrected chi connectivity index (χ1v) is 10.1. The van der Waals surface area contributed by atoms with E-state index in [1.54, 1.807) is 12.1 Å². The van der Waals surface area contributed by atoms with Crippen molar-refractivity contribution < 1.29 is 9.59 Å². The second kappa shape index (κ2) is 7.66. The number of hydrogen-bond acceptors (Lipinski definition) is 4. The van der Waals surface area contributed by atoms with E-state index in [0.29, 0.717) is 10.7 Å². The number of benzene rings is 3. The molecule has 4 nitrogen and oxygen atoms in total. The molecule has 1 N–H and O–H groups in total. The zero-order valence-electron chi connectivity index (χ0n) is 14.2. The highest BCUT2D eigenvalue weighted by Gasteiger charge is 2.32. The number of amides is 1. The van der Waals surface area contributed by atoms with Crippen LogP contribution >= 0.6 is 27.7 Å². The molecule has 27 heavy (non-hydrogen) atoms. The monoisotopic (exact) mass is 438 g/mol. The van der Waals surface area contributed by atoms with Crippen LogP contribution in [-0.2, 0) is 4.79 Å². The first-order valence-electron chi connectivity index (χ1n) is 8.43. The molecule has 1 saturated heterocycles. The van der Waals surface area contributed by atoms with Crippen LogP contribution in [0.4, 0.5) is 5.69 Å². The standard InChI is InChI=1S/C21H15BrN2O2S/c22-15-10-8-14(9-11-15)18(25)12-19-20(26)24-21(27-19)23-17-7-3-5-13-4-1-2-6-16(13)17/h1-11,19H,12H2,(H,23,24,26). The second-order valence-electron chi connectivity index (χ2n) is 6.15. The predicted molar refractivity (Wildman–Crippen MR) is 114 cm³/mol. The largest absolute Gasteiger partial charge is 0.304 e. The quantitative estimate of drug-likeness (QED) is 0.576. The highest BCUT2D eigenvalue weighted by molar-refractivity contribution is 9.10. The smallest absolute Gasteiger partial charge is 0.240 e. The van der Waals surface area contributed by atoms with Gasteiger partial charge in [0.2, 0.25) is 5.91 Å². The van der Waals surface area contributed by atoms with Gasteiger partial charge in [0.05, 0.1) is 10.9 Å². The molecule has 0 saturated carbocycles. The molecule has 1 amide bonds. The number of nitrogens with one attached hydrogen (secondary N) is 1. The van der Waals surface area contributed by atoms with Crippen molar-refractivity contribution in [3.8, 4) is 0 Å². The number of nitrogens with zero attached hydrogens (tertiary/aromatic N) is 1. The maximum absolute atomic E-state index is 12.4. The number of carbonyl (C=O) groups excluding carboxylic acids is 2. The lowest BCUT2D eigenvalue weighted by Gasteiger charge is -2.05. The predicted octanol–water partition coefficient (Wildman–Crippen LogP) is 5.09. The van der Waals surface area contributed by atoms with E-state index >= 15 is 0 Å². The van der Waals surface area contributed by atoms with Gasteiger partial charge in [-0.25, -0.2) is 4.99 Å². The number of thioether (sulfide) groups is 1. The summed E-state index contributed by atoms with van der Waals surface area (Å²) in [6.07, 6.45) is 0.146. The molecule has 1 atom stereocenters. The summed E-state index contributed by atoms with van der Waals surface area (Å²) in [6, 6.07) is 21.0. The average Bonchev–Trinajstić information content (AvgIpc) is 3.01. The van der Waals surface area contributed by atoms with Crippen LogP contribution in [0.25, 0.3) is 10.8 Å². The molecule has 1 aliphatic heterocycles. The summed E-state index contributed by atoms with van der Waals surface area (Å²) in [7, 11) is 0. The van der Waals surface area contributed by atoms with Crippen LogP contribution in [0.15, 0.2) is 76.2 Å². The van der Waals surface area contributed by atoms with Gasteiger partial charge in [0.25, 0.3) is 0 Å². The summed E-state index contributed by atoms with van der Waals surface area (Å²) < 4.78 is 0.913. The summed E-state index contributed by atoms with van der Waals surface area (Å²) in [4.78, 5) is 29.3. The first kappa shape index (κ1) is 17.9. The van der Waals surface area contributed by atoms with Gasteiger partial charge in [-0.2, -0.15) is 0 Å². The van der Waals surface area contributed by atoms with Gasteiger partial charge in [-0.05, 0) is 23.6 Å². The number of ketones is 1. The normalized spacial score (nSPS) is 18.0. The van der Waals surface area contributed by atoms with Gasteiger partial charge in [0, 0.05) is 21.8 Å². The highest BCUT2D eigenvalue weighted by Crippen LogP contribution is 2.30. The Morgan fingerprint density at radius 2 is 1.78 bits per heavy atom. The Morgan fingerprint density at radius 3 is 2.59 bits per heavy atom. The fraction of sp³-hybridized carbons (Fsp3) is 0.0952. The molecule has 4 rings (SSSR count). The van der Waals surface area contributed by atoms with E-state index in [2.05, 4.69) is 26.2 Å². The highest BCUT2D eigenvalue weighted by atomic mass is 79.9. The number of rotatable bonds is 4. The summed E-state index contributed by atoms with van der Waals surface area (Å²) >= 11 is 4.66. The summed E-state index contributed by atoms with van der Waals surface area (Å²) in [5.41, 5.74) is 1.40. The topological polar surface area (TPSA) is 58.5 Å². The number of carbonyl (C=O) groups is 2. The maximum atomic E-state index is 12.4. The molecule has 134 valence electrons. The lowest BCUT2D eigenvalue weighted by Crippen LogP contribution is -2.26. The van der Waals surface area contributed by atoms with E-state index in [1.165, 1.54) is 11.8 Å². The number of aliphatic imine (C=N–C) groups is 1. The third-order valence-corrected chi connectivity index (χ3v) is 5.91. The van der Waals surface area contributed by atoms with Gasteiger partial charge in [0.15, 0.2) is 11.0 Å². The van der Waals surface area contributed by atoms with Gasteiger partial charge >= 0.3 is 0 Å². The Bertz CT molecular complexity index is 1060. The maximum Gasteiger partial charge on any atom is 0.240 e. The minimum atomic E-state index is -0.463. The summed E-state index contributed by atoms with van der Waals surface area (Å²) in [5.74, 6) is -0.231. The van der Waals surface area contributed by atoms with Gasteiger partial charge in [-0.15, -0.1) is 0 Å². The van der Waals surface area contributed by atoms with Gasteiger partial charge in [-0.1, -0.05) is 76.2 Å². The van der Waals surface area contributed by atoms with Crippen molar-refractivity contribution in [1.82, 2.24) is 5.32 Å². The Hall–Kier alpha value is -2.44. The zero-order chi connectivity index (χ0) is 18.8.